The molecule has 0 amide bonds. The molecule has 4 aromatic rings. The van der Waals surface area contributed by atoms with E-state index in [4.69, 9.17) is 9.47 Å². The Labute approximate surface area is 288 Å². The van der Waals surface area contributed by atoms with Gasteiger partial charge in [0.15, 0.2) is 46.4 Å². The molecular weight excluding hydrogens is 652 g/mol. The van der Waals surface area contributed by atoms with Gasteiger partial charge in [-0.05, 0) is 12.8 Å². The second-order valence-corrected chi connectivity index (χ2v) is 12.9. The van der Waals surface area contributed by atoms with Gasteiger partial charge in [-0.1, -0.05) is 51.4 Å². The van der Waals surface area contributed by atoms with E-state index < -0.39 is 62.3 Å². The fraction of sp³-hybridized carbons (Fsp3) is 0.688. The molecule has 50 heavy (non-hydrogen) atoms. The van der Waals surface area contributed by atoms with Gasteiger partial charge in [-0.3, -0.25) is 9.13 Å². The van der Waals surface area contributed by atoms with Gasteiger partial charge in [0, 0.05) is 13.1 Å². The van der Waals surface area contributed by atoms with Gasteiger partial charge >= 0.3 is 0 Å². The Morgan fingerprint density at radius 2 is 0.900 bits per heavy atom. The second kappa shape index (κ2) is 17.1. The molecular formula is C32H48N10O8. The van der Waals surface area contributed by atoms with Crippen LogP contribution in [0.5, 0.6) is 0 Å². The first-order valence-corrected chi connectivity index (χ1v) is 17.5. The van der Waals surface area contributed by atoms with E-state index in [0.29, 0.717) is 34.0 Å². The summed E-state index contributed by atoms with van der Waals surface area (Å²) in [7, 11) is 0. The first-order chi connectivity index (χ1) is 24.4. The van der Waals surface area contributed by atoms with Crippen LogP contribution >= 0.6 is 0 Å². The Morgan fingerprint density at radius 1 is 0.520 bits per heavy atom. The third-order valence-electron chi connectivity index (χ3n) is 9.49. The van der Waals surface area contributed by atoms with Crippen LogP contribution in [0.15, 0.2) is 25.3 Å². The highest BCUT2D eigenvalue weighted by Crippen LogP contribution is 2.33. The maximum Gasteiger partial charge on any atom is 0.167 e. The Balaban J connectivity index is 0.815. The van der Waals surface area contributed by atoms with Gasteiger partial charge in [0.2, 0.25) is 0 Å². The molecule has 2 saturated heterocycles. The number of imidazole rings is 2. The lowest BCUT2D eigenvalue weighted by Gasteiger charge is -2.16. The molecule has 18 heteroatoms. The second-order valence-electron chi connectivity index (χ2n) is 12.9. The third-order valence-corrected chi connectivity index (χ3v) is 9.49. The van der Waals surface area contributed by atoms with Crippen molar-refractivity contribution in [3.63, 3.8) is 0 Å². The normalized spacial score (nSPS) is 26.8. The quantitative estimate of drug-likeness (QED) is 0.0624. The summed E-state index contributed by atoms with van der Waals surface area (Å²) in [5, 5.41) is 66.4. The number of nitrogens with one attached hydrogen (secondary N) is 2. The van der Waals surface area contributed by atoms with Gasteiger partial charge in [0.05, 0.1) is 25.9 Å². The van der Waals surface area contributed by atoms with Crippen molar-refractivity contribution in [3.05, 3.63) is 25.3 Å². The number of fused-ring (bicyclic) bond motifs is 2. The minimum Gasteiger partial charge on any atom is -0.394 e. The van der Waals surface area contributed by atoms with E-state index in [9.17, 15) is 30.6 Å². The highest BCUT2D eigenvalue weighted by molar-refractivity contribution is 5.83. The average molecular weight is 701 g/mol. The molecule has 18 nitrogen and oxygen atoms in total. The van der Waals surface area contributed by atoms with Crippen LogP contribution in [-0.2, 0) is 9.47 Å². The van der Waals surface area contributed by atoms with Crippen LogP contribution in [0.1, 0.15) is 76.7 Å². The van der Waals surface area contributed by atoms with Crippen LogP contribution in [0.3, 0.4) is 0 Å². The van der Waals surface area contributed by atoms with Crippen LogP contribution in [-0.4, -0.2) is 133 Å². The molecule has 8 N–H and O–H groups in total. The monoisotopic (exact) mass is 700 g/mol. The van der Waals surface area contributed by atoms with E-state index in [1.54, 1.807) is 9.13 Å². The molecule has 6 rings (SSSR count). The van der Waals surface area contributed by atoms with Crippen LogP contribution in [0, 0.1) is 0 Å². The van der Waals surface area contributed by atoms with Crippen molar-refractivity contribution >= 4 is 34.0 Å². The lowest BCUT2D eigenvalue weighted by Crippen LogP contribution is -2.33. The van der Waals surface area contributed by atoms with Crippen molar-refractivity contribution < 1.29 is 40.1 Å². The number of aliphatic hydroxyl groups is 6. The highest BCUT2D eigenvalue weighted by Gasteiger charge is 2.45. The summed E-state index contributed by atoms with van der Waals surface area (Å²) in [6.07, 6.45) is 8.86. The van der Waals surface area contributed by atoms with Gasteiger partial charge in [-0.2, -0.15) is 0 Å². The van der Waals surface area contributed by atoms with Crippen molar-refractivity contribution in [3.8, 4) is 0 Å². The zero-order valence-electron chi connectivity index (χ0n) is 27.9. The summed E-state index contributed by atoms with van der Waals surface area (Å²) in [4.78, 5) is 26.1. The zero-order valence-corrected chi connectivity index (χ0v) is 27.9. The molecule has 6 heterocycles. The number of hydrogen-bond acceptors (Lipinski definition) is 16. The average Bonchev–Trinajstić information content (AvgIpc) is 3.89. The standard InChI is InChI=1S/C32H48N10O8/c43-13-19-23(45)25(47)31(49-19)41-17-39-21-27(35-15-37-29(21)41)33-11-9-7-5-3-1-2-4-6-8-10-12-34-28-22-30(38-16-36-28)42(18-40-22)32-26(48)24(46)20(14-44)50-32/h15-20,23-26,31-32,43-48H,1-14H2,(H,33,35,37)(H,34,36,38)/t19-,20-,23?,24?,25?,26?,31-,32-/m1/s1. The number of aromatic nitrogens is 8. The van der Waals surface area contributed by atoms with Crippen LogP contribution in [0.25, 0.3) is 22.3 Å². The van der Waals surface area contributed by atoms with E-state index in [2.05, 4.69) is 40.5 Å². The Kier molecular flexibility index (Phi) is 12.3. The van der Waals surface area contributed by atoms with E-state index in [0.717, 1.165) is 38.8 Å². The largest absolute Gasteiger partial charge is 0.394 e. The predicted octanol–water partition coefficient (Wildman–Crippen LogP) is 0.614. The maximum absolute atomic E-state index is 10.4. The number of anilines is 2. The number of hydrogen-bond donors (Lipinski definition) is 8. The molecule has 0 radical (unpaired) electrons. The molecule has 2 aliphatic rings. The Bertz CT molecular complexity index is 1540. The molecule has 0 saturated carbocycles. The van der Waals surface area contributed by atoms with Crippen molar-refractivity contribution in [2.75, 3.05) is 36.9 Å². The molecule has 4 unspecified atom stereocenters. The minimum atomic E-state index is -1.21. The number of nitrogens with zero attached hydrogens (tertiary/aromatic N) is 8. The van der Waals surface area contributed by atoms with Crippen LogP contribution in [0.4, 0.5) is 11.6 Å². The van der Waals surface area contributed by atoms with Crippen molar-refractivity contribution in [1.82, 2.24) is 39.0 Å². The minimum absolute atomic E-state index is 0.401. The lowest BCUT2D eigenvalue weighted by molar-refractivity contribution is -0.0511. The highest BCUT2D eigenvalue weighted by atomic mass is 16.6. The molecule has 8 atom stereocenters. The maximum atomic E-state index is 10.4. The summed E-state index contributed by atoms with van der Waals surface area (Å²) in [5.41, 5.74) is 2.05. The molecule has 4 aromatic heterocycles. The molecule has 0 aromatic carbocycles. The number of rotatable bonds is 19. The molecule has 274 valence electrons. The summed E-state index contributed by atoms with van der Waals surface area (Å²) in [5.74, 6) is 1.21. The van der Waals surface area contributed by atoms with Crippen LogP contribution < -0.4 is 10.6 Å². The van der Waals surface area contributed by atoms with Crippen molar-refractivity contribution in [1.29, 1.82) is 0 Å². The Morgan fingerprint density at radius 3 is 1.26 bits per heavy atom. The van der Waals surface area contributed by atoms with Gasteiger partial charge in [0.25, 0.3) is 0 Å². The predicted molar refractivity (Wildman–Crippen MR) is 180 cm³/mol. The molecule has 0 bridgehead atoms. The first-order valence-electron chi connectivity index (χ1n) is 17.5. The number of aliphatic hydroxyl groups excluding tert-OH is 6. The Hall–Kier alpha value is -3.62. The topological polar surface area (TPSA) is 251 Å². The fourth-order valence-corrected chi connectivity index (χ4v) is 6.63. The lowest BCUT2D eigenvalue weighted by atomic mass is 10.1. The molecule has 0 aliphatic carbocycles. The van der Waals surface area contributed by atoms with Gasteiger partial charge in [-0.15, -0.1) is 0 Å². The number of unbranched alkanes of at least 4 members (excludes halogenated alkanes) is 9. The van der Waals surface area contributed by atoms with Crippen molar-refractivity contribution in [2.45, 2.75) is 113 Å². The first kappa shape index (κ1) is 36.2. The summed E-state index contributed by atoms with van der Waals surface area (Å²) < 4.78 is 14.4. The fourth-order valence-electron chi connectivity index (χ4n) is 6.63. The third kappa shape index (κ3) is 7.81. The number of ether oxygens (including phenoxy) is 2. The summed E-state index contributed by atoms with van der Waals surface area (Å²) in [6.45, 7) is 0.691. The van der Waals surface area contributed by atoms with Gasteiger partial charge < -0.3 is 50.7 Å². The van der Waals surface area contributed by atoms with E-state index in [-0.39, 0.29) is 0 Å². The SMILES string of the molecule is OC[C@H]1O[C@@H](n2cnc3c(NCCCCCCCCCCCCNc4ncnc5c4ncn5[C@@H]4O[C@H](CO)C(O)C4O)ncnc32)C(O)C1O. The molecule has 2 aliphatic heterocycles. The zero-order chi connectivity index (χ0) is 35.0. The summed E-state index contributed by atoms with van der Waals surface area (Å²) in [6, 6.07) is 0. The van der Waals surface area contributed by atoms with E-state index in [1.807, 2.05) is 0 Å². The van der Waals surface area contributed by atoms with Crippen molar-refractivity contribution in [2.24, 2.45) is 0 Å². The van der Waals surface area contributed by atoms with E-state index in [1.165, 1.54) is 63.8 Å². The van der Waals surface area contributed by atoms with E-state index >= 15 is 0 Å². The summed E-state index contributed by atoms with van der Waals surface area (Å²) >= 11 is 0. The van der Waals surface area contributed by atoms with Gasteiger partial charge in [0.1, 0.15) is 49.3 Å². The smallest absolute Gasteiger partial charge is 0.167 e. The van der Waals surface area contributed by atoms with Crippen LogP contribution in [0.2, 0.25) is 0 Å². The molecule has 2 fully saturated rings. The molecule has 0 spiro atoms. The van der Waals surface area contributed by atoms with Gasteiger partial charge in [-0.25, -0.2) is 29.9 Å².